The van der Waals surface area contributed by atoms with Crippen molar-refractivity contribution in [2.24, 2.45) is 11.8 Å². The maximum absolute atomic E-state index is 11.7. The van der Waals surface area contributed by atoms with Gasteiger partial charge in [-0.15, -0.1) is 0 Å². The molecule has 86 valence electrons. The molecular formula is C12H17N3O. The predicted octanol–water partition coefficient (Wildman–Crippen LogP) is 1.44. The second-order valence-electron chi connectivity index (χ2n) is 4.49. The first-order valence-corrected chi connectivity index (χ1v) is 5.66. The monoisotopic (exact) mass is 219 g/mol. The summed E-state index contributed by atoms with van der Waals surface area (Å²) >= 11 is 0. The van der Waals surface area contributed by atoms with Gasteiger partial charge in [0.25, 0.3) is 5.91 Å². The molecule has 0 saturated heterocycles. The van der Waals surface area contributed by atoms with Gasteiger partial charge in [0.05, 0.1) is 0 Å². The van der Waals surface area contributed by atoms with Crippen molar-refractivity contribution in [2.75, 3.05) is 12.3 Å². The van der Waals surface area contributed by atoms with E-state index in [1.54, 1.807) is 18.3 Å². The van der Waals surface area contributed by atoms with Crippen LogP contribution in [-0.2, 0) is 0 Å². The molecule has 3 N–H and O–H groups in total. The molecule has 16 heavy (non-hydrogen) atoms. The number of rotatable bonds is 4. The summed E-state index contributed by atoms with van der Waals surface area (Å²) in [4.78, 5) is 15.6. The number of pyridine rings is 1. The molecule has 1 aliphatic rings. The van der Waals surface area contributed by atoms with E-state index < -0.39 is 0 Å². The van der Waals surface area contributed by atoms with Crippen molar-refractivity contribution in [3.05, 3.63) is 23.9 Å². The van der Waals surface area contributed by atoms with Crippen LogP contribution in [0.15, 0.2) is 18.3 Å². The number of carbonyl (C=O) groups is 1. The van der Waals surface area contributed by atoms with Crippen LogP contribution in [0.25, 0.3) is 0 Å². The van der Waals surface area contributed by atoms with E-state index in [4.69, 9.17) is 5.73 Å². The number of anilines is 1. The van der Waals surface area contributed by atoms with Crippen LogP contribution in [0.2, 0.25) is 0 Å². The lowest BCUT2D eigenvalue weighted by Crippen LogP contribution is -2.29. The number of nitrogens with two attached hydrogens (primary N) is 1. The summed E-state index contributed by atoms with van der Waals surface area (Å²) < 4.78 is 0. The van der Waals surface area contributed by atoms with Crippen LogP contribution in [0.5, 0.6) is 0 Å². The van der Waals surface area contributed by atoms with Gasteiger partial charge in [-0.25, -0.2) is 4.98 Å². The standard InChI is InChI=1S/C12H17N3O/c1-8(9-2-3-9)7-15-12(16)10-4-5-14-11(13)6-10/h4-6,8-9H,2-3,7H2,1H3,(H2,13,14)(H,15,16). The molecule has 1 aromatic rings. The number of hydrogen-bond acceptors (Lipinski definition) is 3. The topological polar surface area (TPSA) is 68.0 Å². The number of hydrogen-bond donors (Lipinski definition) is 2. The fraction of sp³-hybridized carbons (Fsp3) is 0.500. The van der Waals surface area contributed by atoms with Crippen molar-refractivity contribution in [2.45, 2.75) is 19.8 Å². The molecule has 0 radical (unpaired) electrons. The second kappa shape index (κ2) is 4.51. The van der Waals surface area contributed by atoms with Crippen molar-refractivity contribution in [3.8, 4) is 0 Å². The van der Waals surface area contributed by atoms with Crippen molar-refractivity contribution in [1.82, 2.24) is 10.3 Å². The van der Waals surface area contributed by atoms with E-state index in [1.165, 1.54) is 12.8 Å². The lowest BCUT2D eigenvalue weighted by atomic mass is 10.1. The minimum Gasteiger partial charge on any atom is -0.384 e. The van der Waals surface area contributed by atoms with E-state index in [9.17, 15) is 4.79 Å². The van der Waals surface area contributed by atoms with Crippen LogP contribution in [0.4, 0.5) is 5.82 Å². The summed E-state index contributed by atoms with van der Waals surface area (Å²) in [5.74, 6) is 1.69. The van der Waals surface area contributed by atoms with Crippen molar-refractivity contribution in [3.63, 3.8) is 0 Å². The smallest absolute Gasteiger partial charge is 0.251 e. The largest absolute Gasteiger partial charge is 0.384 e. The lowest BCUT2D eigenvalue weighted by Gasteiger charge is -2.11. The molecular weight excluding hydrogens is 202 g/mol. The number of amides is 1. The first kappa shape index (κ1) is 10.9. The van der Waals surface area contributed by atoms with Crippen molar-refractivity contribution in [1.29, 1.82) is 0 Å². The number of nitrogens with one attached hydrogen (secondary N) is 1. The predicted molar refractivity (Wildman–Crippen MR) is 62.9 cm³/mol. The van der Waals surface area contributed by atoms with Crippen LogP contribution in [0.3, 0.4) is 0 Å². The van der Waals surface area contributed by atoms with Gasteiger partial charge in [0.2, 0.25) is 0 Å². The van der Waals surface area contributed by atoms with Gasteiger partial charge in [-0.3, -0.25) is 4.79 Å². The van der Waals surface area contributed by atoms with Gasteiger partial charge in [-0.05, 0) is 36.8 Å². The summed E-state index contributed by atoms with van der Waals surface area (Å²) in [5, 5.41) is 2.92. The second-order valence-corrected chi connectivity index (χ2v) is 4.49. The van der Waals surface area contributed by atoms with E-state index in [2.05, 4.69) is 17.2 Å². The SMILES string of the molecule is CC(CNC(=O)c1ccnc(N)c1)C1CC1. The van der Waals surface area contributed by atoms with Crippen LogP contribution in [0, 0.1) is 11.8 Å². The molecule has 1 aromatic heterocycles. The highest BCUT2D eigenvalue weighted by atomic mass is 16.1. The molecule has 1 unspecified atom stereocenters. The number of aromatic nitrogens is 1. The summed E-state index contributed by atoms with van der Waals surface area (Å²) in [6.07, 6.45) is 4.16. The van der Waals surface area contributed by atoms with E-state index in [0.717, 1.165) is 12.5 Å². The summed E-state index contributed by atoms with van der Waals surface area (Å²) in [7, 11) is 0. The van der Waals surface area contributed by atoms with Gasteiger partial charge >= 0.3 is 0 Å². The van der Waals surface area contributed by atoms with Gasteiger partial charge in [-0.2, -0.15) is 0 Å². The molecule has 4 nitrogen and oxygen atoms in total. The maximum Gasteiger partial charge on any atom is 0.251 e. The molecule has 1 saturated carbocycles. The average molecular weight is 219 g/mol. The first-order valence-electron chi connectivity index (χ1n) is 5.66. The Morgan fingerprint density at radius 1 is 1.69 bits per heavy atom. The molecule has 1 fully saturated rings. The van der Waals surface area contributed by atoms with E-state index in [-0.39, 0.29) is 5.91 Å². The van der Waals surface area contributed by atoms with E-state index in [1.807, 2.05) is 0 Å². The zero-order chi connectivity index (χ0) is 11.5. The third-order valence-corrected chi connectivity index (χ3v) is 3.05. The number of nitrogen functional groups attached to an aromatic ring is 1. The lowest BCUT2D eigenvalue weighted by molar-refractivity contribution is 0.0946. The van der Waals surface area contributed by atoms with Gasteiger partial charge in [0.15, 0.2) is 0 Å². The molecule has 1 heterocycles. The quantitative estimate of drug-likeness (QED) is 0.805. The Bertz CT molecular complexity index is 388. The normalized spacial score (nSPS) is 16.8. The van der Waals surface area contributed by atoms with Gasteiger partial charge in [0.1, 0.15) is 5.82 Å². The third-order valence-electron chi connectivity index (χ3n) is 3.05. The van der Waals surface area contributed by atoms with Crippen LogP contribution in [0.1, 0.15) is 30.1 Å². The fourth-order valence-electron chi connectivity index (χ4n) is 1.78. The zero-order valence-electron chi connectivity index (χ0n) is 9.44. The highest BCUT2D eigenvalue weighted by Gasteiger charge is 2.27. The maximum atomic E-state index is 11.7. The Labute approximate surface area is 95.3 Å². The first-order chi connectivity index (χ1) is 7.66. The molecule has 1 aliphatic carbocycles. The molecule has 0 aromatic carbocycles. The van der Waals surface area contributed by atoms with Crippen molar-refractivity contribution < 1.29 is 4.79 Å². The number of nitrogens with zero attached hydrogens (tertiary/aromatic N) is 1. The minimum absolute atomic E-state index is 0.0680. The molecule has 4 heteroatoms. The summed E-state index contributed by atoms with van der Waals surface area (Å²) in [5.41, 5.74) is 6.10. The number of carbonyl (C=O) groups excluding carboxylic acids is 1. The Morgan fingerprint density at radius 2 is 2.44 bits per heavy atom. The van der Waals surface area contributed by atoms with Crippen LogP contribution < -0.4 is 11.1 Å². The van der Waals surface area contributed by atoms with Crippen LogP contribution >= 0.6 is 0 Å². The van der Waals surface area contributed by atoms with E-state index in [0.29, 0.717) is 17.3 Å². The molecule has 0 spiro atoms. The Balaban J connectivity index is 1.87. The Hall–Kier alpha value is -1.58. The third kappa shape index (κ3) is 2.72. The molecule has 2 rings (SSSR count). The minimum atomic E-state index is -0.0680. The average Bonchev–Trinajstić information content (AvgIpc) is 3.09. The summed E-state index contributed by atoms with van der Waals surface area (Å²) in [6.45, 7) is 2.92. The Kier molecular flexibility index (Phi) is 3.08. The van der Waals surface area contributed by atoms with Gasteiger partial charge in [-0.1, -0.05) is 6.92 Å². The molecule has 0 bridgehead atoms. The van der Waals surface area contributed by atoms with Crippen LogP contribution in [-0.4, -0.2) is 17.4 Å². The zero-order valence-corrected chi connectivity index (χ0v) is 9.44. The highest BCUT2D eigenvalue weighted by Crippen LogP contribution is 2.36. The van der Waals surface area contributed by atoms with Gasteiger partial charge < -0.3 is 11.1 Å². The Morgan fingerprint density at radius 3 is 3.06 bits per heavy atom. The van der Waals surface area contributed by atoms with Gasteiger partial charge in [0, 0.05) is 18.3 Å². The highest BCUT2D eigenvalue weighted by molar-refractivity contribution is 5.94. The molecule has 0 aliphatic heterocycles. The molecule has 1 amide bonds. The summed E-state index contributed by atoms with van der Waals surface area (Å²) in [6, 6.07) is 3.27. The fourth-order valence-corrected chi connectivity index (χ4v) is 1.78. The van der Waals surface area contributed by atoms with Crippen molar-refractivity contribution >= 4 is 11.7 Å². The van der Waals surface area contributed by atoms with E-state index >= 15 is 0 Å². The molecule has 1 atom stereocenters.